The minimum absolute atomic E-state index is 0.657. The smallest absolute Gasteiger partial charge is 0.164 e. The largest absolute Gasteiger partial charge is 0.353 e. The standard InChI is InChI=1S/C41H24N4S/c1-3-13-24(14-4-1)39-43-40(25-15-5-2-6-16-25)45-41(44-39)31-23-32-34-27-18-8-9-19-28(27)35-30-21-11-12-22-33(30)46-38(35)37(34)42-36(32)29-20-10-7-17-26(29)31/h1-23,42H. The molecule has 0 fully saturated rings. The maximum atomic E-state index is 5.13. The molecule has 214 valence electrons. The number of nitrogens with zero attached hydrogens (tertiary/aromatic N) is 3. The topological polar surface area (TPSA) is 54.5 Å². The Morgan fingerprint density at radius 3 is 1.61 bits per heavy atom. The molecule has 46 heavy (non-hydrogen) atoms. The van der Waals surface area contributed by atoms with Crippen molar-refractivity contribution in [3.8, 4) is 34.2 Å². The minimum Gasteiger partial charge on any atom is -0.353 e. The van der Waals surface area contributed by atoms with Crippen LogP contribution >= 0.6 is 11.3 Å². The number of thiophene rings is 1. The first-order valence-electron chi connectivity index (χ1n) is 15.4. The molecule has 0 aliphatic rings. The zero-order valence-corrected chi connectivity index (χ0v) is 25.3. The van der Waals surface area contributed by atoms with Crippen LogP contribution in [-0.4, -0.2) is 19.9 Å². The zero-order valence-electron chi connectivity index (χ0n) is 24.5. The number of hydrogen-bond acceptors (Lipinski definition) is 4. The molecule has 5 heteroatoms. The van der Waals surface area contributed by atoms with Crippen LogP contribution in [0.25, 0.3) is 97.7 Å². The van der Waals surface area contributed by atoms with Gasteiger partial charge in [0.2, 0.25) is 0 Å². The fourth-order valence-corrected chi connectivity index (χ4v) is 8.23. The molecule has 1 N–H and O–H groups in total. The lowest BCUT2D eigenvalue weighted by Crippen LogP contribution is -2.00. The first-order chi connectivity index (χ1) is 22.8. The molecule has 0 bridgehead atoms. The predicted octanol–water partition coefficient (Wildman–Crippen LogP) is 11.2. The van der Waals surface area contributed by atoms with E-state index in [0.29, 0.717) is 17.5 Å². The van der Waals surface area contributed by atoms with Crippen molar-refractivity contribution < 1.29 is 0 Å². The van der Waals surface area contributed by atoms with Crippen molar-refractivity contribution in [3.05, 3.63) is 140 Å². The molecule has 0 radical (unpaired) electrons. The minimum atomic E-state index is 0.657. The number of rotatable bonds is 3. The number of aromatic amines is 1. The average Bonchev–Trinajstić information content (AvgIpc) is 3.72. The highest BCUT2D eigenvalue weighted by Crippen LogP contribution is 2.47. The van der Waals surface area contributed by atoms with Crippen LogP contribution in [0.1, 0.15) is 0 Å². The highest BCUT2D eigenvalue weighted by molar-refractivity contribution is 7.27. The van der Waals surface area contributed by atoms with Crippen LogP contribution in [-0.2, 0) is 0 Å². The van der Waals surface area contributed by atoms with Gasteiger partial charge in [-0.25, -0.2) is 15.0 Å². The van der Waals surface area contributed by atoms with Gasteiger partial charge in [-0.05, 0) is 28.3 Å². The maximum Gasteiger partial charge on any atom is 0.164 e. The highest BCUT2D eigenvalue weighted by Gasteiger charge is 2.21. The molecule has 0 saturated heterocycles. The van der Waals surface area contributed by atoms with E-state index < -0.39 is 0 Å². The van der Waals surface area contributed by atoms with Crippen molar-refractivity contribution in [1.82, 2.24) is 19.9 Å². The average molecular weight is 605 g/mol. The summed E-state index contributed by atoms with van der Waals surface area (Å²) in [4.78, 5) is 19.1. The summed E-state index contributed by atoms with van der Waals surface area (Å²) in [5.41, 5.74) is 5.21. The number of aromatic nitrogens is 4. The van der Waals surface area contributed by atoms with Gasteiger partial charge in [-0.3, -0.25) is 0 Å². The Labute approximate surface area is 267 Å². The van der Waals surface area contributed by atoms with E-state index in [2.05, 4.69) is 108 Å². The van der Waals surface area contributed by atoms with Crippen LogP contribution in [0.15, 0.2) is 140 Å². The van der Waals surface area contributed by atoms with E-state index >= 15 is 0 Å². The van der Waals surface area contributed by atoms with Crippen LogP contribution in [0.4, 0.5) is 0 Å². The summed E-state index contributed by atoms with van der Waals surface area (Å²) in [7, 11) is 0. The Balaban J connectivity index is 1.35. The fourth-order valence-electron chi connectivity index (χ4n) is 7.00. The second-order valence-corrected chi connectivity index (χ2v) is 12.7. The number of fused-ring (bicyclic) bond motifs is 12. The van der Waals surface area contributed by atoms with Crippen molar-refractivity contribution in [2.45, 2.75) is 0 Å². The summed E-state index contributed by atoms with van der Waals surface area (Å²) in [6.07, 6.45) is 0. The summed E-state index contributed by atoms with van der Waals surface area (Å²) in [6, 6.07) is 48.8. The Bertz CT molecular complexity index is 2740. The van der Waals surface area contributed by atoms with E-state index in [4.69, 9.17) is 15.0 Å². The molecule has 0 amide bonds. The van der Waals surface area contributed by atoms with Crippen molar-refractivity contribution in [1.29, 1.82) is 0 Å². The highest BCUT2D eigenvalue weighted by atomic mass is 32.1. The molecule has 0 unspecified atom stereocenters. The second-order valence-electron chi connectivity index (χ2n) is 11.7. The molecule has 4 nitrogen and oxygen atoms in total. The van der Waals surface area contributed by atoms with E-state index in [1.54, 1.807) is 0 Å². The van der Waals surface area contributed by atoms with Gasteiger partial charge >= 0.3 is 0 Å². The van der Waals surface area contributed by atoms with Gasteiger partial charge in [0.15, 0.2) is 17.5 Å². The molecule has 10 rings (SSSR count). The molecule has 0 aliphatic heterocycles. The van der Waals surface area contributed by atoms with E-state index in [1.807, 2.05) is 47.7 Å². The van der Waals surface area contributed by atoms with E-state index in [9.17, 15) is 0 Å². The quantitative estimate of drug-likeness (QED) is 0.218. The third kappa shape index (κ3) is 3.69. The number of benzene rings is 7. The molecular weight excluding hydrogens is 581 g/mol. The third-order valence-electron chi connectivity index (χ3n) is 9.04. The van der Waals surface area contributed by atoms with Gasteiger partial charge in [-0.15, -0.1) is 11.3 Å². The van der Waals surface area contributed by atoms with E-state index in [-0.39, 0.29) is 0 Å². The van der Waals surface area contributed by atoms with Gasteiger partial charge in [0.1, 0.15) is 0 Å². The van der Waals surface area contributed by atoms with Crippen molar-refractivity contribution in [2.24, 2.45) is 0 Å². The third-order valence-corrected chi connectivity index (χ3v) is 10.2. The van der Waals surface area contributed by atoms with Gasteiger partial charge in [-0.2, -0.15) is 0 Å². The molecule has 0 spiro atoms. The Morgan fingerprint density at radius 1 is 0.413 bits per heavy atom. The van der Waals surface area contributed by atoms with Gasteiger partial charge in [0.05, 0.1) is 15.7 Å². The van der Waals surface area contributed by atoms with E-state index in [0.717, 1.165) is 33.0 Å². The van der Waals surface area contributed by atoms with Crippen LogP contribution in [0.5, 0.6) is 0 Å². The molecule has 10 aromatic rings. The maximum absolute atomic E-state index is 5.13. The number of H-pyrrole nitrogens is 1. The molecule has 3 heterocycles. The first-order valence-corrected chi connectivity index (χ1v) is 16.2. The Hall–Kier alpha value is -5.91. The lowest BCUT2D eigenvalue weighted by molar-refractivity contribution is 1.08. The van der Waals surface area contributed by atoms with Gasteiger partial charge < -0.3 is 4.98 Å². The summed E-state index contributed by atoms with van der Waals surface area (Å²) in [6.45, 7) is 0. The SMILES string of the molecule is c1ccc(-c2nc(-c3ccccc3)nc(-c3cc4c([nH]c5c6sc7ccccc7c6c6ccccc6c45)c4ccccc34)n2)cc1. The number of nitrogens with one attached hydrogen (secondary N) is 1. The summed E-state index contributed by atoms with van der Waals surface area (Å²) in [5, 5.41) is 9.78. The summed E-state index contributed by atoms with van der Waals surface area (Å²) >= 11 is 1.86. The summed E-state index contributed by atoms with van der Waals surface area (Å²) in [5.74, 6) is 1.97. The van der Waals surface area contributed by atoms with Crippen molar-refractivity contribution in [3.63, 3.8) is 0 Å². The molecule has 7 aromatic carbocycles. The molecule has 0 aliphatic carbocycles. The Morgan fingerprint density at radius 2 is 0.935 bits per heavy atom. The normalized spacial score (nSPS) is 11.9. The van der Waals surface area contributed by atoms with Crippen molar-refractivity contribution >= 4 is 74.9 Å². The van der Waals surface area contributed by atoms with Crippen LogP contribution in [0.3, 0.4) is 0 Å². The molecule has 3 aromatic heterocycles. The van der Waals surface area contributed by atoms with Gasteiger partial charge in [-0.1, -0.05) is 127 Å². The molecular formula is C41H24N4S. The molecule has 0 saturated carbocycles. The van der Waals surface area contributed by atoms with Crippen LogP contribution < -0.4 is 0 Å². The van der Waals surface area contributed by atoms with E-state index in [1.165, 1.54) is 47.2 Å². The first kappa shape index (κ1) is 25.4. The van der Waals surface area contributed by atoms with Crippen molar-refractivity contribution in [2.75, 3.05) is 0 Å². The number of hydrogen-bond donors (Lipinski definition) is 1. The monoisotopic (exact) mass is 604 g/mol. The van der Waals surface area contributed by atoms with Crippen LogP contribution in [0, 0.1) is 0 Å². The van der Waals surface area contributed by atoms with Gasteiger partial charge in [0.25, 0.3) is 0 Å². The van der Waals surface area contributed by atoms with Crippen LogP contribution in [0.2, 0.25) is 0 Å². The Kier molecular flexibility index (Phi) is 5.41. The lowest BCUT2D eigenvalue weighted by atomic mass is 9.96. The molecule has 0 atom stereocenters. The fraction of sp³-hybridized carbons (Fsp3) is 0. The van der Waals surface area contributed by atoms with Gasteiger partial charge in [0, 0.05) is 48.3 Å². The zero-order chi connectivity index (χ0) is 30.2. The lowest BCUT2D eigenvalue weighted by Gasteiger charge is -2.11. The second kappa shape index (κ2) is 9.80. The summed E-state index contributed by atoms with van der Waals surface area (Å²) < 4.78 is 2.58. The predicted molar refractivity (Wildman–Crippen MR) is 193 cm³/mol.